The Hall–Kier alpha value is 1.01. The maximum Gasteiger partial charge on any atom is 0.187 e. The first-order chi connectivity index (χ1) is 4.97. The zero-order valence-corrected chi connectivity index (χ0v) is 10.3. The van der Waals surface area contributed by atoms with Crippen molar-refractivity contribution in [1.82, 2.24) is 0 Å². The van der Waals surface area contributed by atoms with Crippen LogP contribution in [0.2, 0.25) is 0 Å². The molecule has 0 aromatic heterocycles. The van der Waals surface area contributed by atoms with Crippen LogP contribution in [0, 0.1) is 0 Å². The molecule has 1 radical (unpaired) electrons. The molecule has 14 heavy (non-hydrogen) atoms. The molecule has 1 heterocycles. The average molecular weight is 328 g/mol. The predicted octanol–water partition coefficient (Wildman–Crippen LogP) is 0.901. The number of hydrogen-bond donors (Lipinski definition) is 0. The predicted molar refractivity (Wildman–Crippen MR) is 50.9 cm³/mol. The van der Waals surface area contributed by atoms with Gasteiger partial charge in [0.25, 0.3) is 0 Å². The molecular weight excluding hydrogens is 317 g/mol. The molecule has 1 nitrogen and oxygen atoms in total. The van der Waals surface area contributed by atoms with Crippen LogP contribution in [0.4, 0.5) is 0 Å². The largest absolute Gasteiger partial charge is 0.489 e. The van der Waals surface area contributed by atoms with E-state index < -0.39 is 0 Å². The number of fused-ring (bicyclic) bond motifs is 1. The van der Waals surface area contributed by atoms with E-state index in [9.17, 15) is 0 Å². The van der Waals surface area contributed by atoms with Gasteiger partial charge in [-0.2, -0.15) is 0 Å². The van der Waals surface area contributed by atoms with Crippen molar-refractivity contribution in [2.45, 2.75) is 0 Å². The third kappa shape index (κ3) is 5.19. The second-order valence-corrected chi connectivity index (χ2v) is 2.25. The minimum Gasteiger partial charge on any atom is -0.489 e. The Morgan fingerprint density at radius 3 is 2.43 bits per heavy atom. The van der Waals surface area contributed by atoms with Crippen molar-refractivity contribution in [3.05, 3.63) is 35.9 Å². The van der Waals surface area contributed by atoms with Crippen molar-refractivity contribution in [2.75, 3.05) is 6.61 Å². The van der Waals surface area contributed by atoms with Gasteiger partial charge in [-0.1, -0.05) is 24.3 Å². The number of hydrogen-bond acceptors (Lipinski definition) is 1. The van der Waals surface area contributed by atoms with Gasteiger partial charge in [-0.3, -0.25) is 0 Å². The van der Waals surface area contributed by atoms with Crippen LogP contribution >= 0.6 is 0 Å². The van der Waals surface area contributed by atoms with Crippen molar-refractivity contribution in [3.8, 4) is 5.75 Å². The Morgan fingerprint density at radius 2 is 1.79 bits per heavy atom. The molecule has 0 saturated heterocycles. The van der Waals surface area contributed by atoms with Gasteiger partial charge in [-0.25, -0.2) is 0 Å². The standard InChI is InChI=1S/C9H8O.Al.Co.Ni.Ti.3H/c1-2-6-9-8(4-1)5-3-7-10-9;;;;;;;/h1-6H,7H2;;;;;;;. The van der Waals surface area contributed by atoms with Gasteiger partial charge < -0.3 is 4.74 Å². The Labute approximate surface area is 130 Å². The summed E-state index contributed by atoms with van der Waals surface area (Å²) >= 11 is 0. The van der Waals surface area contributed by atoms with Crippen LogP contribution in [0.1, 0.15) is 5.56 Å². The van der Waals surface area contributed by atoms with Crippen LogP contribution in [0.15, 0.2) is 30.3 Å². The molecule has 0 aliphatic carbocycles. The first kappa shape index (κ1) is 20.4. The molecule has 0 spiro atoms. The van der Waals surface area contributed by atoms with Gasteiger partial charge in [0.05, 0.1) is 0 Å². The summed E-state index contributed by atoms with van der Waals surface area (Å²) in [5, 5.41) is 0. The first-order valence-corrected chi connectivity index (χ1v) is 3.35. The molecule has 0 N–H and O–H groups in total. The first-order valence-electron chi connectivity index (χ1n) is 3.35. The van der Waals surface area contributed by atoms with Crippen LogP contribution < -0.4 is 4.74 Å². The van der Waals surface area contributed by atoms with Gasteiger partial charge >= 0.3 is 0 Å². The zero-order valence-electron chi connectivity index (χ0n) is 6.73. The summed E-state index contributed by atoms with van der Waals surface area (Å²) in [6.07, 6.45) is 4.10. The van der Waals surface area contributed by atoms with E-state index in [0.717, 1.165) is 5.75 Å². The molecule has 0 bridgehead atoms. The zero-order chi connectivity index (χ0) is 6.81. The molecule has 0 fully saturated rings. The molecule has 0 atom stereocenters. The fraction of sp³-hybridized carbons (Fsp3) is 0.111. The van der Waals surface area contributed by atoms with Crippen molar-refractivity contribution < 1.29 is 59.7 Å². The summed E-state index contributed by atoms with van der Waals surface area (Å²) in [5.74, 6) is 0.991. The van der Waals surface area contributed by atoms with Crippen LogP contribution in [-0.2, 0) is 55.0 Å². The molecule has 1 aromatic rings. The van der Waals surface area contributed by atoms with Crippen LogP contribution in [-0.4, -0.2) is 24.0 Å². The van der Waals surface area contributed by atoms with E-state index in [1.54, 1.807) is 0 Å². The molecule has 1 aromatic carbocycles. The van der Waals surface area contributed by atoms with E-state index in [2.05, 4.69) is 6.08 Å². The summed E-state index contributed by atoms with van der Waals surface area (Å²) < 4.78 is 5.34. The van der Waals surface area contributed by atoms with E-state index in [4.69, 9.17) is 4.74 Å². The minimum atomic E-state index is 0. The molecule has 2 rings (SSSR count). The maximum atomic E-state index is 5.34. The average Bonchev–Trinajstić information content (AvgIpc) is 2.05. The second kappa shape index (κ2) is 10.5. The number of para-hydroxylation sites is 1. The SMILES string of the molecule is C1=Cc2ccccc2OC1.[AlH3].[Co].[Ni].[Ti]. The third-order valence-corrected chi connectivity index (χ3v) is 1.55. The normalized spacial score (nSPS) is 10.0. The fourth-order valence-electron chi connectivity index (χ4n) is 1.06. The van der Waals surface area contributed by atoms with Gasteiger partial charge in [0.2, 0.25) is 0 Å². The summed E-state index contributed by atoms with van der Waals surface area (Å²) in [7, 11) is 0. The van der Waals surface area contributed by atoms with Crippen molar-refractivity contribution in [2.24, 2.45) is 0 Å². The fourth-order valence-corrected chi connectivity index (χ4v) is 1.06. The second-order valence-electron chi connectivity index (χ2n) is 2.25. The number of benzene rings is 1. The van der Waals surface area contributed by atoms with E-state index in [0.29, 0.717) is 6.61 Å². The van der Waals surface area contributed by atoms with Crippen molar-refractivity contribution in [3.63, 3.8) is 0 Å². The van der Waals surface area contributed by atoms with Crippen LogP contribution in [0.5, 0.6) is 5.75 Å². The maximum absolute atomic E-state index is 5.34. The van der Waals surface area contributed by atoms with Crippen molar-refractivity contribution in [1.29, 1.82) is 0 Å². The molecule has 0 saturated carbocycles. The molecular formula is C9H11AlCoNiOTi. The van der Waals surface area contributed by atoms with Gasteiger partial charge in [-0.05, 0) is 12.1 Å². The Morgan fingerprint density at radius 1 is 1.14 bits per heavy atom. The Kier molecular flexibility index (Phi) is 15.3. The molecule has 0 unspecified atom stereocenters. The smallest absolute Gasteiger partial charge is 0.187 e. The molecule has 0 amide bonds. The number of rotatable bonds is 0. The molecule has 79 valence electrons. The van der Waals surface area contributed by atoms with Gasteiger partial charge in [-0.15, -0.1) is 0 Å². The summed E-state index contributed by atoms with van der Waals surface area (Å²) in [6, 6.07) is 8.03. The van der Waals surface area contributed by atoms with Crippen molar-refractivity contribution >= 4 is 23.4 Å². The Bertz CT molecular complexity index is 283. The summed E-state index contributed by atoms with van der Waals surface area (Å²) in [5.41, 5.74) is 1.17. The van der Waals surface area contributed by atoms with Gasteiger partial charge in [0, 0.05) is 60.6 Å². The van der Waals surface area contributed by atoms with Crippen LogP contribution in [0.3, 0.4) is 0 Å². The quantitative estimate of drug-likeness (QED) is 0.644. The van der Waals surface area contributed by atoms with E-state index in [1.165, 1.54) is 5.56 Å². The number of ether oxygens (including phenoxy) is 1. The summed E-state index contributed by atoms with van der Waals surface area (Å²) in [4.78, 5) is 0. The summed E-state index contributed by atoms with van der Waals surface area (Å²) in [6.45, 7) is 0.705. The molecule has 5 heteroatoms. The Balaban J connectivity index is -0.000000302. The van der Waals surface area contributed by atoms with E-state index in [-0.39, 0.29) is 72.3 Å². The molecule has 1 aliphatic rings. The van der Waals surface area contributed by atoms with Gasteiger partial charge in [0.1, 0.15) is 12.4 Å². The van der Waals surface area contributed by atoms with E-state index in [1.807, 2.05) is 30.3 Å². The molecule has 1 aliphatic heterocycles. The third-order valence-electron chi connectivity index (χ3n) is 1.55. The topological polar surface area (TPSA) is 9.23 Å². The van der Waals surface area contributed by atoms with E-state index >= 15 is 0 Å². The van der Waals surface area contributed by atoms with Gasteiger partial charge in [0.15, 0.2) is 17.4 Å². The van der Waals surface area contributed by atoms with Crippen LogP contribution in [0.25, 0.3) is 6.08 Å². The monoisotopic (exact) mass is 327 g/mol. The minimum absolute atomic E-state index is 0.